The number of sulfone groups is 1. The molecule has 0 aliphatic heterocycles. The Hall–Kier alpha value is -0.0900. The van der Waals surface area contributed by atoms with Crippen LogP contribution in [0.5, 0.6) is 0 Å². The second-order valence-electron chi connectivity index (χ2n) is 3.46. The Labute approximate surface area is 81.8 Å². The highest BCUT2D eigenvalue weighted by atomic mass is 32.2. The number of rotatable bonds is 6. The van der Waals surface area contributed by atoms with Crippen LogP contribution >= 0.6 is 0 Å². The molecule has 13 heavy (non-hydrogen) atoms. The van der Waals surface area contributed by atoms with Crippen molar-refractivity contribution in [3.8, 4) is 0 Å². The molecule has 0 radical (unpaired) electrons. The summed E-state index contributed by atoms with van der Waals surface area (Å²) in [4.78, 5) is 0. The van der Waals surface area contributed by atoms with E-state index in [-0.39, 0.29) is 11.3 Å². The normalized spacial score (nSPS) is 16.9. The molecular weight excluding hydrogens is 186 g/mol. The van der Waals surface area contributed by atoms with E-state index in [1.54, 1.807) is 0 Å². The zero-order valence-corrected chi connectivity index (χ0v) is 9.82. The monoisotopic (exact) mass is 207 g/mol. The van der Waals surface area contributed by atoms with Gasteiger partial charge in [-0.05, 0) is 19.9 Å². The van der Waals surface area contributed by atoms with Crippen molar-refractivity contribution in [2.45, 2.75) is 44.4 Å². The fraction of sp³-hybridized carbons (Fsp3) is 1.00. The maximum Gasteiger partial charge on any atom is 0.151 e. The van der Waals surface area contributed by atoms with Gasteiger partial charge in [-0.3, -0.25) is 0 Å². The SMILES string of the molecule is CCCC(NC)C(CC)S(C)(=O)=O. The summed E-state index contributed by atoms with van der Waals surface area (Å²) in [5.74, 6) is 0. The molecule has 4 heteroatoms. The van der Waals surface area contributed by atoms with Gasteiger partial charge in [0, 0.05) is 12.3 Å². The van der Waals surface area contributed by atoms with Gasteiger partial charge in [0.25, 0.3) is 0 Å². The number of nitrogens with one attached hydrogen (secondary N) is 1. The van der Waals surface area contributed by atoms with Gasteiger partial charge in [0.15, 0.2) is 9.84 Å². The van der Waals surface area contributed by atoms with Crippen molar-refractivity contribution in [1.29, 1.82) is 0 Å². The van der Waals surface area contributed by atoms with Crippen molar-refractivity contribution < 1.29 is 8.42 Å². The van der Waals surface area contributed by atoms with Crippen molar-refractivity contribution in [3.63, 3.8) is 0 Å². The standard InChI is InChI=1S/C9H21NO2S/c1-5-7-8(10-3)9(6-2)13(4,11)12/h8-10H,5-7H2,1-4H3. The van der Waals surface area contributed by atoms with Gasteiger partial charge in [0.2, 0.25) is 0 Å². The highest BCUT2D eigenvalue weighted by Crippen LogP contribution is 2.13. The third kappa shape index (κ3) is 4.09. The van der Waals surface area contributed by atoms with Crippen LogP contribution in [-0.2, 0) is 9.84 Å². The molecule has 0 aliphatic carbocycles. The molecule has 0 aromatic heterocycles. The first-order valence-corrected chi connectivity index (χ1v) is 6.78. The topological polar surface area (TPSA) is 46.2 Å². The molecule has 0 saturated heterocycles. The largest absolute Gasteiger partial charge is 0.316 e. The van der Waals surface area contributed by atoms with E-state index in [4.69, 9.17) is 0 Å². The average Bonchev–Trinajstić information content (AvgIpc) is 2.01. The molecule has 0 bridgehead atoms. The Bertz CT molecular complexity index is 224. The molecule has 2 unspecified atom stereocenters. The third-order valence-electron chi connectivity index (χ3n) is 2.37. The molecule has 0 amide bonds. The van der Waals surface area contributed by atoms with Gasteiger partial charge in [-0.25, -0.2) is 8.42 Å². The summed E-state index contributed by atoms with van der Waals surface area (Å²) in [7, 11) is -1.08. The summed E-state index contributed by atoms with van der Waals surface area (Å²) in [6, 6.07) is 0.102. The van der Waals surface area contributed by atoms with Crippen LogP contribution in [0.4, 0.5) is 0 Å². The number of hydrogen-bond donors (Lipinski definition) is 1. The Morgan fingerprint density at radius 2 is 1.85 bits per heavy atom. The van der Waals surface area contributed by atoms with Crippen LogP contribution in [-0.4, -0.2) is 33.0 Å². The first kappa shape index (κ1) is 12.9. The molecule has 0 aromatic rings. The van der Waals surface area contributed by atoms with Crippen molar-refractivity contribution >= 4 is 9.84 Å². The Balaban J connectivity index is 4.53. The molecule has 0 heterocycles. The average molecular weight is 207 g/mol. The van der Waals surface area contributed by atoms with E-state index in [0.29, 0.717) is 6.42 Å². The van der Waals surface area contributed by atoms with E-state index in [9.17, 15) is 8.42 Å². The van der Waals surface area contributed by atoms with E-state index in [2.05, 4.69) is 12.2 Å². The summed E-state index contributed by atoms with van der Waals surface area (Å²) < 4.78 is 22.8. The van der Waals surface area contributed by atoms with E-state index in [1.165, 1.54) is 6.26 Å². The molecule has 0 aliphatic rings. The smallest absolute Gasteiger partial charge is 0.151 e. The highest BCUT2D eigenvalue weighted by Gasteiger charge is 2.26. The van der Waals surface area contributed by atoms with Crippen LogP contribution in [0.2, 0.25) is 0 Å². The summed E-state index contributed by atoms with van der Waals surface area (Å²) in [5, 5.41) is 2.84. The summed E-state index contributed by atoms with van der Waals surface area (Å²) in [6.45, 7) is 3.99. The fourth-order valence-corrected chi connectivity index (χ4v) is 3.19. The fourth-order valence-electron chi connectivity index (χ4n) is 1.71. The Morgan fingerprint density at radius 1 is 1.31 bits per heavy atom. The van der Waals surface area contributed by atoms with E-state index in [0.717, 1.165) is 12.8 Å². The molecule has 3 nitrogen and oxygen atoms in total. The van der Waals surface area contributed by atoms with Gasteiger partial charge >= 0.3 is 0 Å². The molecule has 1 N–H and O–H groups in total. The molecule has 0 spiro atoms. The summed E-state index contributed by atoms with van der Waals surface area (Å²) in [5.41, 5.74) is 0. The Morgan fingerprint density at radius 3 is 2.08 bits per heavy atom. The summed E-state index contributed by atoms with van der Waals surface area (Å²) in [6.07, 6.45) is 3.94. The van der Waals surface area contributed by atoms with E-state index >= 15 is 0 Å². The second-order valence-corrected chi connectivity index (χ2v) is 5.72. The molecule has 0 aromatic carbocycles. The predicted molar refractivity (Wildman–Crippen MR) is 56.7 cm³/mol. The minimum absolute atomic E-state index is 0.102. The van der Waals surface area contributed by atoms with Crippen LogP contribution in [0.15, 0.2) is 0 Å². The van der Waals surface area contributed by atoms with Gasteiger partial charge in [-0.1, -0.05) is 20.3 Å². The van der Waals surface area contributed by atoms with Crippen LogP contribution in [0.1, 0.15) is 33.1 Å². The predicted octanol–water partition coefficient (Wildman–Crippen LogP) is 1.20. The van der Waals surface area contributed by atoms with Crippen molar-refractivity contribution in [2.24, 2.45) is 0 Å². The lowest BCUT2D eigenvalue weighted by Gasteiger charge is -2.23. The van der Waals surface area contributed by atoms with Gasteiger partial charge in [-0.15, -0.1) is 0 Å². The molecule has 0 rings (SSSR count). The van der Waals surface area contributed by atoms with Crippen LogP contribution in [0.3, 0.4) is 0 Å². The van der Waals surface area contributed by atoms with Gasteiger partial charge in [0.05, 0.1) is 5.25 Å². The molecular formula is C9H21NO2S. The molecule has 2 atom stereocenters. The van der Waals surface area contributed by atoms with Gasteiger partial charge < -0.3 is 5.32 Å². The lowest BCUT2D eigenvalue weighted by atomic mass is 10.1. The Kier molecular flexibility index (Phi) is 5.56. The first-order valence-electron chi connectivity index (χ1n) is 4.83. The molecule has 0 fully saturated rings. The van der Waals surface area contributed by atoms with Gasteiger partial charge in [0.1, 0.15) is 0 Å². The number of hydrogen-bond acceptors (Lipinski definition) is 3. The maximum atomic E-state index is 11.4. The lowest BCUT2D eigenvalue weighted by molar-refractivity contribution is 0.466. The quantitative estimate of drug-likeness (QED) is 0.712. The minimum atomic E-state index is -2.91. The van der Waals surface area contributed by atoms with Crippen LogP contribution in [0.25, 0.3) is 0 Å². The maximum absolute atomic E-state index is 11.4. The van der Waals surface area contributed by atoms with Crippen molar-refractivity contribution in [2.75, 3.05) is 13.3 Å². The minimum Gasteiger partial charge on any atom is -0.316 e. The van der Waals surface area contributed by atoms with E-state index < -0.39 is 9.84 Å². The van der Waals surface area contributed by atoms with Crippen molar-refractivity contribution in [3.05, 3.63) is 0 Å². The van der Waals surface area contributed by atoms with Crippen molar-refractivity contribution in [1.82, 2.24) is 5.32 Å². The second kappa shape index (κ2) is 5.60. The molecule has 0 saturated carbocycles. The van der Waals surface area contributed by atoms with E-state index in [1.807, 2.05) is 14.0 Å². The highest BCUT2D eigenvalue weighted by molar-refractivity contribution is 7.91. The van der Waals surface area contributed by atoms with Gasteiger partial charge in [-0.2, -0.15) is 0 Å². The lowest BCUT2D eigenvalue weighted by Crippen LogP contribution is -2.41. The zero-order valence-electron chi connectivity index (χ0n) is 9.00. The van der Waals surface area contributed by atoms with Crippen LogP contribution < -0.4 is 5.32 Å². The third-order valence-corrected chi connectivity index (χ3v) is 4.13. The first-order chi connectivity index (χ1) is 5.97. The van der Waals surface area contributed by atoms with Crippen LogP contribution in [0, 0.1) is 0 Å². The molecule has 80 valence electrons. The summed E-state index contributed by atoms with van der Waals surface area (Å²) >= 11 is 0. The zero-order chi connectivity index (χ0) is 10.5.